The van der Waals surface area contributed by atoms with E-state index in [4.69, 9.17) is 9.72 Å². The average molecular weight is 451 g/mol. The number of nitrogens with one attached hydrogen (secondary N) is 1. The van der Waals surface area contributed by atoms with Crippen molar-refractivity contribution >= 4 is 5.69 Å². The molecule has 33 heavy (non-hydrogen) atoms. The standard InChI is InChI=1S/C28H35FN2O2/c1-5-6-7-10-22-25(17-30-24-11-8-9-12-26(24)33-4)31-28(19(2)3)23(18-32)27(22)20-13-15-21(29)16-14-20/h8-9,11-16,19,30,32H,5-7,10,17-18H2,1-4H3. The van der Waals surface area contributed by atoms with Crippen LogP contribution in [0.5, 0.6) is 5.75 Å². The van der Waals surface area contributed by atoms with Crippen molar-refractivity contribution in [3.8, 4) is 16.9 Å². The Balaban J connectivity index is 2.15. The van der Waals surface area contributed by atoms with E-state index in [0.717, 1.165) is 70.8 Å². The first-order valence-corrected chi connectivity index (χ1v) is 11.8. The summed E-state index contributed by atoms with van der Waals surface area (Å²) in [6, 6.07) is 14.4. The van der Waals surface area contributed by atoms with Crippen LogP contribution in [0.3, 0.4) is 0 Å². The summed E-state index contributed by atoms with van der Waals surface area (Å²) in [6.07, 6.45) is 4.11. The van der Waals surface area contributed by atoms with Crippen LogP contribution < -0.4 is 10.1 Å². The van der Waals surface area contributed by atoms with Gasteiger partial charge in [-0.15, -0.1) is 0 Å². The summed E-state index contributed by atoms with van der Waals surface area (Å²) in [6.45, 7) is 6.79. The topological polar surface area (TPSA) is 54.4 Å². The number of unbranched alkanes of at least 4 members (excludes halogenated alkanes) is 2. The van der Waals surface area contributed by atoms with Crippen LogP contribution in [0.15, 0.2) is 48.5 Å². The van der Waals surface area contributed by atoms with Gasteiger partial charge in [-0.2, -0.15) is 0 Å². The highest BCUT2D eigenvalue weighted by atomic mass is 19.1. The summed E-state index contributed by atoms with van der Waals surface area (Å²) in [5.74, 6) is 0.647. The van der Waals surface area contributed by atoms with Crippen LogP contribution in [0.2, 0.25) is 0 Å². The van der Waals surface area contributed by atoms with Crippen molar-refractivity contribution < 1.29 is 14.2 Å². The molecule has 0 atom stereocenters. The zero-order chi connectivity index (χ0) is 23.8. The maximum absolute atomic E-state index is 13.7. The van der Waals surface area contributed by atoms with Crippen LogP contribution in [0, 0.1) is 5.82 Å². The number of anilines is 1. The van der Waals surface area contributed by atoms with Crippen molar-refractivity contribution in [2.24, 2.45) is 0 Å². The number of ether oxygens (including phenoxy) is 1. The Morgan fingerprint density at radius 1 is 1.03 bits per heavy atom. The van der Waals surface area contributed by atoms with Gasteiger partial charge >= 0.3 is 0 Å². The highest BCUT2D eigenvalue weighted by Gasteiger charge is 2.22. The summed E-state index contributed by atoms with van der Waals surface area (Å²) in [7, 11) is 1.66. The zero-order valence-electron chi connectivity index (χ0n) is 20.1. The Kier molecular flexibility index (Phi) is 8.84. The molecule has 1 aromatic heterocycles. The van der Waals surface area contributed by atoms with Gasteiger partial charge in [0.1, 0.15) is 11.6 Å². The molecule has 1 heterocycles. The second kappa shape index (κ2) is 11.8. The fraction of sp³-hybridized carbons (Fsp3) is 0.393. The van der Waals surface area contributed by atoms with Gasteiger partial charge < -0.3 is 15.2 Å². The number of rotatable bonds is 11. The number of hydrogen-bond acceptors (Lipinski definition) is 4. The Labute approximate surface area is 196 Å². The van der Waals surface area contributed by atoms with Crippen molar-refractivity contribution in [1.29, 1.82) is 0 Å². The summed E-state index contributed by atoms with van der Waals surface area (Å²) < 4.78 is 19.2. The molecule has 0 spiro atoms. The molecular weight excluding hydrogens is 415 g/mol. The molecule has 0 unspecified atom stereocenters. The number of nitrogens with zero attached hydrogens (tertiary/aromatic N) is 1. The number of hydrogen-bond donors (Lipinski definition) is 2. The normalized spacial score (nSPS) is 11.1. The van der Waals surface area contributed by atoms with Gasteiger partial charge in [-0.05, 0) is 59.7 Å². The Morgan fingerprint density at radius 2 is 1.76 bits per heavy atom. The lowest BCUT2D eigenvalue weighted by Gasteiger charge is -2.23. The lowest BCUT2D eigenvalue weighted by atomic mass is 9.87. The maximum Gasteiger partial charge on any atom is 0.141 e. The SMILES string of the molecule is CCCCCc1c(CNc2ccccc2OC)nc(C(C)C)c(CO)c1-c1ccc(F)cc1. The lowest BCUT2D eigenvalue weighted by molar-refractivity contribution is 0.279. The monoisotopic (exact) mass is 450 g/mol. The number of aromatic nitrogens is 1. The summed E-state index contributed by atoms with van der Waals surface area (Å²) in [4.78, 5) is 5.06. The third-order valence-electron chi connectivity index (χ3n) is 5.94. The number of aliphatic hydroxyl groups excluding tert-OH is 1. The first-order chi connectivity index (χ1) is 16.0. The van der Waals surface area contributed by atoms with E-state index in [1.54, 1.807) is 19.2 Å². The van der Waals surface area contributed by atoms with Gasteiger partial charge in [0.2, 0.25) is 0 Å². The largest absolute Gasteiger partial charge is 0.495 e. The molecule has 0 fully saturated rings. The molecule has 2 aromatic carbocycles. The minimum atomic E-state index is -0.270. The van der Waals surface area contributed by atoms with E-state index >= 15 is 0 Å². The summed E-state index contributed by atoms with van der Waals surface area (Å²) in [5, 5.41) is 13.9. The van der Waals surface area contributed by atoms with Crippen molar-refractivity contribution in [2.45, 2.75) is 65.5 Å². The Hall–Kier alpha value is -2.92. The lowest BCUT2D eigenvalue weighted by Crippen LogP contribution is -2.14. The van der Waals surface area contributed by atoms with Gasteiger partial charge in [0.25, 0.3) is 0 Å². The predicted molar refractivity (Wildman–Crippen MR) is 133 cm³/mol. The molecule has 2 N–H and O–H groups in total. The molecule has 0 bridgehead atoms. The number of aliphatic hydroxyl groups is 1. The van der Waals surface area contributed by atoms with E-state index in [9.17, 15) is 9.50 Å². The summed E-state index contributed by atoms with van der Waals surface area (Å²) in [5.41, 5.74) is 6.60. The van der Waals surface area contributed by atoms with Crippen LogP contribution >= 0.6 is 0 Å². The Bertz CT molecular complexity index is 1050. The third kappa shape index (κ3) is 5.91. The average Bonchev–Trinajstić information content (AvgIpc) is 2.83. The predicted octanol–water partition coefficient (Wildman–Crippen LogP) is 6.86. The van der Waals surface area contributed by atoms with Crippen molar-refractivity contribution in [1.82, 2.24) is 4.98 Å². The van der Waals surface area contributed by atoms with Crippen molar-refractivity contribution in [3.05, 3.63) is 76.9 Å². The molecule has 0 amide bonds. The third-order valence-corrected chi connectivity index (χ3v) is 5.94. The second-order valence-corrected chi connectivity index (χ2v) is 8.61. The molecule has 0 saturated heterocycles. The number of methoxy groups -OCH3 is 1. The van der Waals surface area contributed by atoms with Crippen molar-refractivity contribution in [3.63, 3.8) is 0 Å². The van der Waals surface area contributed by atoms with E-state index in [1.807, 2.05) is 24.3 Å². The van der Waals surface area contributed by atoms with Crippen LogP contribution in [-0.2, 0) is 19.6 Å². The molecule has 0 radical (unpaired) electrons. The fourth-order valence-electron chi connectivity index (χ4n) is 4.27. The molecular formula is C28H35FN2O2. The highest BCUT2D eigenvalue weighted by molar-refractivity contribution is 5.73. The number of pyridine rings is 1. The first kappa shape index (κ1) is 24.7. The number of halogens is 1. The van der Waals surface area contributed by atoms with Gasteiger partial charge in [0, 0.05) is 11.3 Å². The maximum atomic E-state index is 13.7. The van der Waals surface area contributed by atoms with E-state index in [0.29, 0.717) is 6.54 Å². The molecule has 176 valence electrons. The van der Waals surface area contributed by atoms with Crippen molar-refractivity contribution in [2.75, 3.05) is 12.4 Å². The van der Waals surface area contributed by atoms with E-state index in [2.05, 4.69) is 26.1 Å². The summed E-state index contributed by atoms with van der Waals surface area (Å²) >= 11 is 0. The number of para-hydroxylation sites is 2. The zero-order valence-corrected chi connectivity index (χ0v) is 20.1. The van der Waals surface area contributed by atoms with Gasteiger partial charge in [-0.1, -0.05) is 57.9 Å². The highest BCUT2D eigenvalue weighted by Crippen LogP contribution is 2.36. The van der Waals surface area contributed by atoms with E-state index in [-0.39, 0.29) is 18.3 Å². The van der Waals surface area contributed by atoms with Gasteiger partial charge in [0.15, 0.2) is 0 Å². The van der Waals surface area contributed by atoms with Crippen LogP contribution in [0.25, 0.3) is 11.1 Å². The molecule has 0 aliphatic heterocycles. The minimum absolute atomic E-state index is 0.103. The first-order valence-electron chi connectivity index (χ1n) is 11.8. The van der Waals surface area contributed by atoms with Crippen LogP contribution in [0.4, 0.5) is 10.1 Å². The Morgan fingerprint density at radius 3 is 2.39 bits per heavy atom. The van der Waals surface area contributed by atoms with Gasteiger partial charge in [-0.3, -0.25) is 4.98 Å². The molecule has 0 aliphatic carbocycles. The van der Waals surface area contributed by atoms with Gasteiger partial charge in [0.05, 0.1) is 31.6 Å². The smallest absolute Gasteiger partial charge is 0.141 e. The molecule has 0 saturated carbocycles. The number of benzene rings is 2. The van der Waals surface area contributed by atoms with Crippen LogP contribution in [0.1, 0.15) is 68.5 Å². The fourth-order valence-corrected chi connectivity index (χ4v) is 4.27. The molecule has 0 aliphatic rings. The van der Waals surface area contributed by atoms with Crippen LogP contribution in [-0.4, -0.2) is 17.2 Å². The second-order valence-electron chi connectivity index (χ2n) is 8.61. The minimum Gasteiger partial charge on any atom is -0.495 e. The van der Waals surface area contributed by atoms with E-state index in [1.165, 1.54) is 12.1 Å². The molecule has 3 rings (SSSR count). The molecule has 5 heteroatoms. The van der Waals surface area contributed by atoms with Gasteiger partial charge in [-0.25, -0.2) is 4.39 Å². The molecule has 4 nitrogen and oxygen atoms in total. The van der Waals surface area contributed by atoms with E-state index < -0.39 is 0 Å². The molecule has 3 aromatic rings. The quantitative estimate of drug-likeness (QED) is 0.313.